The first-order chi connectivity index (χ1) is 9.65. The van der Waals surface area contributed by atoms with E-state index >= 15 is 0 Å². The average Bonchev–Trinajstić information content (AvgIpc) is 2.41. The van der Waals surface area contributed by atoms with E-state index < -0.39 is 5.97 Å². The van der Waals surface area contributed by atoms with Gasteiger partial charge in [0.05, 0.1) is 6.61 Å². The first-order valence-corrected chi connectivity index (χ1v) is 7.62. The van der Waals surface area contributed by atoms with Crippen LogP contribution in [0.25, 0.3) is 0 Å². The van der Waals surface area contributed by atoms with Crippen molar-refractivity contribution < 1.29 is 14.6 Å². The Kier molecular flexibility index (Phi) is 7.78. The highest BCUT2D eigenvalue weighted by molar-refractivity contribution is 5.90. The second-order valence-electron chi connectivity index (χ2n) is 5.27. The van der Waals surface area contributed by atoms with Crippen LogP contribution < -0.4 is 4.74 Å². The molecule has 20 heavy (non-hydrogen) atoms. The Morgan fingerprint density at radius 3 is 2.40 bits per heavy atom. The van der Waals surface area contributed by atoms with Gasteiger partial charge >= 0.3 is 5.97 Å². The summed E-state index contributed by atoms with van der Waals surface area (Å²) in [6, 6.07) is 5.20. The monoisotopic (exact) mass is 278 g/mol. The molecule has 0 amide bonds. The van der Waals surface area contributed by atoms with Gasteiger partial charge in [0.1, 0.15) is 11.3 Å². The maximum absolute atomic E-state index is 11.1. The molecule has 0 aliphatic carbocycles. The third-order valence-corrected chi connectivity index (χ3v) is 3.37. The number of carbonyl (C=O) groups is 1. The van der Waals surface area contributed by atoms with E-state index in [2.05, 4.69) is 6.92 Å². The molecule has 0 aliphatic heterocycles. The van der Waals surface area contributed by atoms with Crippen molar-refractivity contribution in [2.75, 3.05) is 6.61 Å². The van der Waals surface area contributed by atoms with Crippen LogP contribution in [0, 0.1) is 6.92 Å². The molecule has 0 saturated heterocycles. The summed E-state index contributed by atoms with van der Waals surface area (Å²) in [4.78, 5) is 11.1. The third kappa shape index (κ3) is 6.09. The number of carboxylic acids is 1. The van der Waals surface area contributed by atoms with Crippen LogP contribution in [0.15, 0.2) is 18.2 Å². The predicted octanol–water partition coefficient (Wildman–Crippen LogP) is 4.82. The number of carboxylic acid groups (broad SMARTS) is 1. The molecule has 3 nitrogen and oxygen atoms in total. The fourth-order valence-electron chi connectivity index (χ4n) is 2.17. The Hall–Kier alpha value is -1.51. The molecule has 1 aromatic carbocycles. The van der Waals surface area contributed by atoms with Crippen molar-refractivity contribution in [2.24, 2.45) is 0 Å². The Morgan fingerprint density at radius 2 is 1.75 bits per heavy atom. The lowest BCUT2D eigenvalue weighted by Gasteiger charge is -2.10. The van der Waals surface area contributed by atoms with E-state index in [1.807, 2.05) is 6.92 Å². The lowest BCUT2D eigenvalue weighted by atomic mass is 10.1. The molecule has 0 atom stereocenters. The predicted molar refractivity (Wildman–Crippen MR) is 81.6 cm³/mol. The number of unbranched alkanes of at least 4 members (excludes halogenated alkanes) is 6. The van der Waals surface area contributed by atoms with Gasteiger partial charge in [-0.15, -0.1) is 0 Å². The Balaban J connectivity index is 2.28. The van der Waals surface area contributed by atoms with Gasteiger partial charge in [0.2, 0.25) is 0 Å². The molecule has 3 heteroatoms. The maximum atomic E-state index is 11.1. The van der Waals surface area contributed by atoms with Crippen LogP contribution >= 0.6 is 0 Å². The van der Waals surface area contributed by atoms with E-state index in [-0.39, 0.29) is 5.56 Å². The summed E-state index contributed by atoms with van der Waals surface area (Å²) in [6.45, 7) is 4.75. The molecule has 112 valence electrons. The van der Waals surface area contributed by atoms with Gasteiger partial charge in [-0.1, -0.05) is 51.5 Å². The molecule has 0 aliphatic rings. The van der Waals surface area contributed by atoms with Crippen LogP contribution in [0.3, 0.4) is 0 Å². The molecule has 1 aromatic rings. The molecular formula is C17H26O3. The van der Waals surface area contributed by atoms with Crippen molar-refractivity contribution in [3.8, 4) is 5.75 Å². The summed E-state index contributed by atoms with van der Waals surface area (Å²) in [5.41, 5.74) is 1.27. The van der Waals surface area contributed by atoms with E-state index in [1.165, 1.54) is 32.1 Å². The molecule has 0 saturated carbocycles. The fraction of sp³-hybridized carbons (Fsp3) is 0.588. The zero-order valence-corrected chi connectivity index (χ0v) is 12.7. The van der Waals surface area contributed by atoms with E-state index in [4.69, 9.17) is 9.84 Å². The number of hydrogen-bond acceptors (Lipinski definition) is 2. The summed E-state index contributed by atoms with van der Waals surface area (Å²) in [6.07, 6.45) is 8.58. The van der Waals surface area contributed by atoms with Crippen molar-refractivity contribution in [1.82, 2.24) is 0 Å². The molecular weight excluding hydrogens is 252 g/mol. The van der Waals surface area contributed by atoms with Crippen LogP contribution in [-0.4, -0.2) is 17.7 Å². The summed E-state index contributed by atoms with van der Waals surface area (Å²) >= 11 is 0. The zero-order valence-electron chi connectivity index (χ0n) is 12.7. The second-order valence-corrected chi connectivity index (χ2v) is 5.27. The second kappa shape index (κ2) is 9.40. The minimum atomic E-state index is -0.931. The molecule has 1 rings (SSSR count). The summed E-state index contributed by atoms with van der Waals surface area (Å²) in [7, 11) is 0. The zero-order chi connectivity index (χ0) is 14.8. The summed E-state index contributed by atoms with van der Waals surface area (Å²) < 4.78 is 5.63. The van der Waals surface area contributed by atoms with Gasteiger partial charge in [-0.05, 0) is 31.0 Å². The van der Waals surface area contributed by atoms with Crippen molar-refractivity contribution >= 4 is 5.97 Å². The van der Waals surface area contributed by atoms with E-state index in [0.717, 1.165) is 18.4 Å². The SMILES string of the molecule is CCCCCCCCCOc1cc(C)ccc1C(=O)O. The molecule has 1 N–H and O–H groups in total. The largest absolute Gasteiger partial charge is 0.493 e. The van der Waals surface area contributed by atoms with Gasteiger partial charge in [-0.3, -0.25) is 0 Å². The smallest absolute Gasteiger partial charge is 0.339 e. The Bertz CT molecular complexity index is 413. The molecule has 0 heterocycles. The van der Waals surface area contributed by atoms with Crippen molar-refractivity contribution in [1.29, 1.82) is 0 Å². The highest BCUT2D eigenvalue weighted by Gasteiger charge is 2.10. The minimum Gasteiger partial charge on any atom is -0.493 e. The average molecular weight is 278 g/mol. The van der Waals surface area contributed by atoms with Gasteiger partial charge in [0.15, 0.2) is 0 Å². The Labute approximate surface area is 122 Å². The lowest BCUT2D eigenvalue weighted by molar-refractivity contribution is 0.0692. The van der Waals surface area contributed by atoms with E-state index in [1.54, 1.807) is 18.2 Å². The Morgan fingerprint density at radius 1 is 1.10 bits per heavy atom. The molecule has 0 spiro atoms. The van der Waals surface area contributed by atoms with Gasteiger partial charge in [0.25, 0.3) is 0 Å². The first kappa shape index (κ1) is 16.5. The van der Waals surface area contributed by atoms with Crippen LogP contribution in [0.4, 0.5) is 0 Å². The van der Waals surface area contributed by atoms with Crippen molar-refractivity contribution in [3.63, 3.8) is 0 Å². The number of aromatic carboxylic acids is 1. The fourth-order valence-corrected chi connectivity index (χ4v) is 2.17. The van der Waals surface area contributed by atoms with Crippen LogP contribution in [0.1, 0.15) is 67.8 Å². The molecule has 0 aromatic heterocycles. The molecule has 0 radical (unpaired) electrons. The molecule has 0 bridgehead atoms. The quantitative estimate of drug-likeness (QED) is 0.624. The van der Waals surface area contributed by atoms with Gasteiger partial charge in [-0.25, -0.2) is 4.79 Å². The highest BCUT2D eigenvalue weighted by atomic mass is 16.5. The van der Waals surface area contributed by atoms with E-state index in [0.29, 0.717) is 12.4 Å². The molecule has 0 fully saturated rings. The minimum absolute atomic E-state index is 0.249. The third-order valence-electron chi connectivity index (χ3n) is 3.37. The number of ether oxygens (including phenoxy) is 1. The number of aryl methyl sites for hydroxylation is 1. The maximum Gasteiger partial charge on any atom is 0.339 e. The highest BCUT2D eigenvalue weighted by Crippen LogP contribution is 2.20. The topological polar surface area (TPSA) is 46.5 Å². The van der Waals surface area contributed by atoms with Crippen molar-refractivity contribution in [3.05, 3.63) is 29.3 Å². The first-order valence-electron chi connectivity index (χ1n) is 7.62. The van der Waals surface area contributed by atoms with Gasteiger partial charge < -0.3 is 9.84 Å². The van der Waals surface area contributed by atoms with Crippen LogP contribution in [0.5, 0.6) is 5.75 Å². The summed E-state index contributed by atoms with van der Waals surface area (Å²) in [5, 5.41) is 9.10. The van der Waals surface area contributed by atoms with Crippen LogP contribution in [0.2, 0.25) is 0 Å². The number of rotatable bonds is 10. The lowest BCUT2D eigenvalue weighted by Crippen LogP contribution is -2.04. The van der Waals surface area contributed by atoms with Crippen LogP contribution in [-0.2, 0) is 0 Å². The van der Waals surface area contributed by atoms with Gasteiger partial charge in [-0.2, -0.15) is 0 Å². The standard InChI is InChI=1S/C17H26O3/c1-3-4-5-6-7-8-9-12-20-16-13-14(2)10-11-15(16)17(18)19/h10-11,13H,3-9,12H2,1-2H3,(H,18,19). The summed E-state index contributed by atoms with van der Waals surface area (Å²) in [5.74, 6) is -0.442. The van der Waals surface area contributed by atoms with Crippen molar-refractivity contribution in [2.45, 2.75) is 58.8 Å². The van der Waals surface area contributed by atoms with Gasteiger partial charge in [0, 0.05) is 0 Å². The normalized spacial score (nSPS) is 10.5. The molecule has 0 unspecified atom stereocenters. The van der Waals surface area contributed by atoms with E-state index in [9.17, 15) is 4.79 Å². The number of hydrogen-bond donors (Lipinski definition) is 1. The number of benzene rings is 1.